The fourth-order valence-corrected chi connectivity index (χ4v) is 2.57. The van der Waals surface area contributed by atoms with Crippen molar-refractivity contribution in [2.24, 2.45) is 0 Å². The molecule has 0 saturated heterocycles. The van der Waals surface area contributed by atoms with Gasteiger partial charge in [-0.05, 0) is 37.9 Å². The SMILES string of the molecule is C=CCC[C@@H](C)O[Si](C)(C)C(C)(C)C. The Morgan fingerprint density at radius 1 is 1.36 bits per heavy atom. The largest absolute Gasteiger partial charge is 0.414 e. The van der Waals surface area contributed by atoms with E-state index in [1.54, 1.807) is 0 Å². The van der Waals surface area contributed by atoms with Crippen LogP contribution in [0.15, 0.2) is 12.7 Å². The summed E-state index contributed by atoms with van der Waals surface area (Å²) >= 11 is 0. The molecule has 0 bridgehead atoms. The molecule has 0 amide bonds. The third-order valence-corrected chi connectivity index (χ3v) is 7.68. The highest BCUT2D eigenvalue weighted by Gasteiger charge is 2.38. The van der Waals surface area contributed by atoms with Gasteiger partial charge >= 0.3 is 0 Å². The van der Waals surface area contributed by atoms with Gasteiger partial charge in [-0.1, -0.05) is 26.8 Å². The molecule has 0 aromatic rings. The average molecular weight is 214 g/mol. The van der Waals surface area contributed by atoms with Crippen LogP contribution in [0.2, 0.25) is 18.1 Å². The predicted octanol–water partition coefficient (Wildman–Crippen LogP) is 4.36. The zero-order valence-electron chi connectivity index (χ0n) is 10.7. The lowest BCUT2D eigenvalue weighted by atomic mass is 10.2. The van der Waals surface area contributed by atoms with Crippen molar-refractivity contribution in [3.8, 4) is 0 Å². The quantitative estimate of drug-likeness (QED) is 0.488. The number of hydrogen-bond donors (Lipinski definition) is 0. The molecule has 14 heavy (non-hydrogen) atoms. The minimum absolute atomic E-state index is 0.315. The van der Waals surface area contributed by atoms with Crippen molar-refractivity contribution >= 4 is 8.32 Å². The monoisotopic (exact) mass is 214 g/mol. The molecular formula is C12H26OSi. The molecule has 0 heterocycles. The van der Waals surface area contributed by atoms with Crippen LogP contribution in [0.3, 0.4) is 0 Å². The fourth-order valence-electron chi connectivity index (χ4n) is 1.09. The molecule has 84 valence electrons. The molecule has 0 rings (SSSR count). The van der Waals surface area contributed by atoms with Crippen LogP contribution in [-0.2, 0) is 4.43 Å². The lowest BCUT2D eigenvalue weighted by molar-refractivity contribution is 0.190. The summed E-state index contributed by atoms with van der Waals surface area (Å²) in [6, 6.07) is 0. The summed E-state index contributed by atoms with van der Waals surface area (Å²) in [6.45, 7) is 17.3. The molecule has 1 nitrogen and oxygen atoms in total. The third kappa shape index (κ3) is 4.42. The number of rotatable bonds is 5. The maximum Gasteiger partial charge on any atom is 0.192 e. The van der Waals surface area contributed by atoms with Gasteiger partial charge < -0.3 is 4.43 Å². The molecule has 2 heteroatoms. The second-order valence-corrected chi connectivity index (χ2v) is 10.3. The molecule has 0 aromatic carbocycles. The first-order valence-electron chi connectivity index (χ1n) is 5.49. The van der Waals surface area contributed by atoms with E-state index in [9.17, 15) is 0 Å². The van der Waals surface area contributed by atoms with Crippen molar-refractivity contribution in [3.05, 3.63) is 12.7 Å². The molecular weight excluding hydrogens is 188 g/mol. The maximum absolute atomic E-state index is 6.20. The van der Waals surface area contributed by atoms with Gasteiger partial charge in [0.1, 0.15) is 0 Å². The molecule has 0 unspecified atom stereocenters. The minimum atomic E-state index is -1.55. The van der Waals surface area contributed by atoms with E-state index in [1.165, 1.54) is 0 Å². The van der Waals surface area contributed by atoms with Crippen molar-refractivity contribution < 1.29 is 4.43 Å². The topological polar surface area (TPSA) is 9.23 Å². The van der Waals surface area contributed by atoms with Gasteiger partial charge in [0.25, 0.3) is 0 Å². The molecule has 0 aliphatic heterocycles. The highest BCUT2D eigenvalue weighted by atomic mass is 28.4. The van der Waals surface area contributed by atoms with Gasteiger partial charge in [-0.2, -0.15) is 0 Å². The van der Waals surface area contributed by atoms with Gasteiger partial charge in [-0.25, -0.2) is 0 Å². The van der Waals surface area contributed by atoms with E-state index in [1.807, 2.05) is 6.08 Å². The Morgan fingerprint density at radius 3 is 2.21 bits per heavy atom. The summed E-state index contributed by atoms with van der Waals surface area (Å²) < 4.78 is 6.20. The molecule has 0 radical (unpaired) electrons. The van der Waals surface area contributed by atoms with Gasteiger partial charge in [-0.15, -0.1) is 6.58 Å². The van der Waals surface area contributed by atoms with E-state index in [2.05, 4.69) is 47.4 Å². The Bertz CT molecular complexity index is 179. The lowest BCUT2D eigenvalue weighted by Gasteiger charge is -2.38. The normalized spacial score (nSPS) is 15.3. The van der Waals surface area contributed by atoms with Gasteiger partial charge in [0.15, 0.2) is 8.32 Å². The molecule has 0 saturated carbocycles. The van der Waals surface area contributed by atoms with Crippen molar-refractivity contribution in [1.82, 2.24) is 0 Å². The van der Waals surface area contributed by atoms with Gasteiger partial charge in [0.2, 0.25) is 0 Å². The summed E-state index contributed by atoms with van der Waals surface area (Å²) in [4.78, 5) is 0. The van der Waals surface area contributed by atoms with Gasteiger partial charge in [-0.3, -0.25) is 0 Å². The maximum atomic E-state index is 6.20. The second-order valence-electron chi connectivity index (χ2n) is 5.55. The summed E-state index contributed by atoms with van der Waals surface area (Å²) in [5.41, 5.74) is 0. The number of hydrogen-bond acceptors (Lipinski definition) is 1. The highest BCUT2D eigenvalue weighted by Crippen LogP contribution is 2.37. The average Bonchev–Trinajstić information content (AvgIpc) is 1.97. The van der Waals surface area contributed by atoms with Crippen LogP contribution >= 0.6 is 0 Å². The summed E-state index contributed by atoms with van der Waals surface area (Å²) in [5, 5.41) is 0.315. The standard InChI is InChI=1S/C12H26OSi/c1-8-9-10-11(2)13-14(6,7)12(3,4)5/h8,11H,1,9-10H2,2-7H3/t11-/m1/s1. The van der Waals surface area contributed by atoms with Crippen LogP contribution in [0.25, 0.3) is 0 Å². The van der Waals surface area contributed by atoms with E-state index in [0.717, 1.165) is 12.8 Å². The Morgan fingerprint density at radius 2 is 1.86 bits per heavy atom. The fraction of sp³-hybridized carbons (Fsp3) is 0.833. The zero-order valence-corrected chi connectivity index (χ0v) is 11.7. The Labute approximate surface area is 90.7 Å². The Hall–Kier alpha value is -0.0831. The molecule has 0 aliphatic rings. The summed E-state index contributed by atoms with van der Waals surface area (Å²) in [6.07, 6.45) is 4.48. The van der Waals surface area contributed by atoms with Crippen LogP contribution in [-0.4, -0.2) is 14.4 Å². The summed E-state index contributed by atoms with van der Waals surface area (Å²) in [5.74, 6) is 0. The lowest BCUT2D eigenvalue weighted by Crippen LogP contribution is -2.43. The van der Waals surface area contributed by atoms with Crippen molar-refractivity contribution in [3.63, 3.8) is 0 Å². The van der Waals surface area contributed by atoms with E-state index < -0.39 is 8.32 Å². The van der Waals surface area contributed by atoms with Gasteiger partial charge in [0, 0.05) is 6.10 Å². The Balaban J connectivity index is 4.15. The van der Waals surface area contributed by atoms with Crippen LogP contribution in [0.1, 0.15) is 40.5 Å². The van der Waals surface area contributed by atoms with E-state index in [4.69, 9.17) is 4.43 Å². The first kappa shape index (κ1) is 13.9. The molecule has 1 atom stereocenters. The zero-order chi connectivity index (χ0) is 11.4. The molecule has 0 N–H and O–H groups in total. The molecule has 0 aromatic heterocycles. The predicted molar refractivity (Wildman–Crippen MR) is 67.2 cm³/mol. The van der Waals surface area contributed by atoms with Crippen LogP contribution in [0.4, 0.5) is 0 Å². The van der Waals surface area contributed by atoms with Crippen LogP contribution < -0.4 is 0 Å². The van der Waals surface area contributed by atoms with E-state index in [-0.39, 0.29) is 0 Å². The Kier molecular flexibility index (Phi) is 5.10. The number of allylic oxidation sites excluding steroid dienone is 1. The summed E-state index contributed by atoms with van der Waals surface area (Å²) in [7, 11) is -1.55. The smallest absolute Gasteiger partial charge is 0.192 e. The third-order valence-electron chi connectivity index (χ3n) is 3.08. The highest BCUT2D eigenvalue weighted by molar-refractivity contribution is 6.74. The van der Waals surface area contributed by atoms with E-state index in [0.29, 0.717) is 11.1 Å². The van der Waals surface area contributed by atoms with Gasteiger partial charge in [0.05, 0.1) is 0 Å². The molecule has 0 aliphatic carbocycles. The second kappa shape index (κ2) is 5.13. The van der Waals surface area contributed by atoms with Crippen LogP contribution in [0.5, 0.6) is 0 Å². The van der Waals surface area contributed by atoms with Crippen molar-refractivity contribution in [2.45, 2.75) is 64.8 Å². The first-order chi connectivity index (χ1) is 6.20. The molecule has 0 spiro atoms. The van der Waals surface area contributed by atoms with Crippen LogP contribution in [0, 0.1) is 0 Å². The van der Waals surface area contributed by atoms with E-state index >= 15 is 0 Å². The first-order valence-corrected chi connectivity index (χ1v) is 8.40. The molecule has 0 fully saturated rings. The minimum Gasteiger partial charge on any atom is -0.414 e. The van der Waals surface area contributed by atoms with Crippen molar-refractivity contribution in [1.29, 1.82) is 0 Å². The van der Waals surface area contributed by atoms with Crippen molar-refractivity contribution in [2.75, 3.05) is 0 Å².